The summed E-state index contributed by atoms with van der Waals surface area (Å²) in [5.41, 5.74) is 21.9. The predicted molar refractivity (Wildman–Crippen MR) is 139 cm³/mol. The summed E-state index contributed by atoms with van der Waals surface area (Å²) in [4.78, 5) is 13.2. The van der Waals surface area contributed by atoms with Gasteiger partial charge in [0.05, 0.1) is 28.6 Å². The highest BCUT2D eigenvalue weighted by Gasteiger charge is 2.20. The normalized spacial score (nSPS) is 11.6. The van der Waals surface area contributed by atoms with Gasteiger partial charge < -0.3 is 21.7 Å². The second-order valence-corrected chi connectivity index (χ2v) is 11.1. The average molecular weight is 506 g/mol. The molecule has 0 radical (unpaired) electrons. The number of hydrogen-bond acceptors (Lipinski definition) is 8. The van der Waals surface area contributed by atoms with E-state index in [0.29, 0.717) is 35.0 Å². The van der Waals surface area contributed by atoms with Crippen LogP contribution in [0.1, 0.15) is 25.0 Å². The van der Waals surface area contributed by atoms with Gasteiger partial charge in [-0.3, -0.25) is 0 Å². The number of nitrogens with zero attached hydrogens (tertiary/aromatic N) is 4. The Morgan fingerprint density at radius 1 is 1.06 bits per heavy atom. The molecule has 11 heteroatoms. The quantitative estimate of drug-likeness (QED) is 0.251. The van der Waals surface area contributed by atoms with Gasteiger partial charge in [0.25, 0.3) is 0 Å². The Morgan fingerprint density at radius 2 is 1.78 bits per heavy atom. The van der Waals surface area contributed by atoms with E-state index in [0.717, 1.165) is 16.7 Å². The van der Waals surface area contributed by atoms with E-state index in [1.807, 2.05) is 25.1 Å². The second kappa shape index (κ2) is 9.78. The van der Waals surface area contributed by atoms with Crippen LogP contribution in [0.4, 0.5) is 5.82 Å². The topological polar surface area (TPSA) is 176 Å². The lowest BCUT2D eigenvalue weighted by atomic mass is 10.0. The fourth-order valence-corrected chi connectivity index (χ4v) is 4.67. The van der Waals surface area contributed by atoms with Crippen LogP contribution in [0.15, 0.2) is 69.1 Å². The van der Waals surface area contributed by atoms with Crippen molar-refractivity contribution in [1.29, 1.82) is 0 Å². The summed E-state index contributed by atoms with van der Waals surface area (Å²) in [6.07, 6.45) is 1.53. The van der Waals surface area contributed by atoms with Crippen molar-refractivity contribution < 1.29 is 12.9 Å². The Balaban J connectivity index is 1.63. The Kier molecular flexibility index (Phi) is 6.75. The smallest absolute Gasteiger partial charge is 0.189 e. The number of hydrogen-bond donors (Lipinski definition) is 3. The van der Waals surface area contributed by atoms with Crippen molar-refractivity contribution in [2.24, 2.45) is 16.5 Å². The van der Waals surface area contributed by atoms with Gasteiger partial charge >= 0.3 is 0 Å². The summed E-state index contributed by atoms with van der Waals surface area (Å²) in [5.74, 6) is 0.583. The zero-order valence-corrected chi connectivity index (χ0v) is 21.0. The van der Waals surface area contributed by atoms with Crippen LogP contribution >= 0.6 is 0 Å². The largest absolute Gasteiger partial charge is 0.382 e. The predicted octanol–water partition coefficient (Wildman–Crippen LogP) is 3.31. The summed E-state index contributed by atoms with van der Waals surface area (Å²) >= 11 is 0. The minimum Gasteiger partial charge on any atom is -0.382 e. The third-order valence-electron chi connectivity index (χ3n) is 5.65. The van der Waals surface area contributed by atoms with Crippen LogP contribution in [0.5, 0.6) is 0 Å². The van der Waals surface area contributed by atoms with E-state index >= 15 is 0 Å². The number of sulfone groups is 1. The summed E-state index contributed by atoms with van der Waals surface area (Å²) in [6.45, 7) is 5.64. The van der Waals surface area contributed by atoms with Crippen LogP contribution < -0.4 is 17.2 Å². The molecule has 4 aromatic rings. The fourth-order valence-electron chi connectivity index (χ4n) is 3.61. The van der Waals surface area contributed by atoms with E-state index in [9.17, 15) is 8.42 Å². The number of guanidine groups is 1. The van der Waals surface area contributed by atoms with Crippen LogP contribution in [0.25, 0.3) is 34.0 Å². The van der Waals surface area contributed by atoms with Crippen LogP contribution in [-0.4, -0.2) is 34.8 Å². The van der Waals surface area contributed by atoms with Gasteiger partial charge in [0, 0.05) is 17.2 Å². The van der Waals surface area contributed by atoms with Crippen molar-refractivity contribution in [2.45, 2.75) is 37.5 Å². The molecule has 10 nitrogen and oxygen atoms in total. The molecular formula is C25H27N7O3S. The molecule has 0 aliphatic carbocycles. The lowest BCUT2D eigenvalue weighted by Crippen LogP contribution is -2.22. The van der Waals surface area contributed by atoms with Crippen molar-refractivity contribution in [3.63, 3.8) is 0 Å². The molecule has 0 saturated carbocycles. The molecule has 4 rings (SSSR count). The van der Waals surface area contributed by atoms with E-state index < -0.39 is 15.1 Å². The SMILES string of the molecule is Cc1cc(CN=C(N)N)ccc1-c1cc(-c2nc(-c3ccc(S(=O)(=O)C(C)C)cc3)cnc2N)on1. The molecule has 0 unspecified atom stereocenters. The number of rotatable bonds is 7. The van der Waals surface area contributed by atoms with Gasteiger partial charge in [0.15, 0.2) is 33.1 Å². The Labute approximate surface area is 209 Å². The molecule has 0 aliphatic heterocycles. The number of nitrogen functional groups attached to an aromatic ring is 1. The van der Waals surface area contributed by atoms with Gasteiger partial charge in [-0.1, -0.05) is 35.5 Å². The molecule has 0 saturated heterocycles. The van der Waals surface area contributed by atoms with Gasteiger partial charge in [-0.15, -0.1) is 0 Å². The average Bonchev–Trinajstić information content (AvgIpc) is 3.32. The third kappa shape index (κ3) is 5.05. The maximum atomic E-state index is 12.4. The molecule has 2 aromatic carbocycles. The summed E-state index contributed by atoms with van der Waals surface area (Å²) < 4.78 is 30.4. The van der Waals surface area contributed by atoms with Crippen molar-refractivity contribution >= 4 is 21.6 Å². The van der Waals surface area contributed by atoms with Crippen molar-refractivity contribution in [3.05, 3.63) is 65.9 Å². The molecule has 0 aliphatic rings. The number of aromatic nitrogens is 3. The molecule has 186 valence electrons. The third-order valence-corrected chi connectivity index (χ3v) is 7.82. The lowest BCUT2D eigenvalue weighted by molar-refractivity contribution is 0.433. The Hall–Kier alpha value is -4.25. The van der Waals surface area contributed by atoms with E-state index in [1.54, 1.807) is 44.2 Å². The van der Waals surface area contributed by atoms with Gasteiger partial charge in [-0.25, -0.2) is 23.4 Å². The molecule has 36 heavy (non-hydrogen) atoms. The van der Waals surface area contributed by atoms with Crippen LogP contribution in [0, 0.1) is 6.92 Å². The van der Waals surface area contributed by atoms with E-state index in [1.165, 1.54) is 6.20 Å². The molecule has 0 fully saturated rings. The highest BCUT2D eigenvalue weighted by molar-refractivity contribution is 7.92. The number of aryl methyl sites for hydroxylation is 1. The van der Waals surface area contributed by atoms with Crippen molar-refractivity contribution in [2.75, 3.05) is 5.73 Å². The number of benzene rings is 2. The Bertz CT molecular complexity index is 1540. The second-order valence-electron chi connectivity index (χ2n) is 8.57. The summed E-state index contributed by atoms with van der Waals surface area (Å²) in [7, 11) is -3.37. The van der Waals surface area contributed by atoms with Gasteiger partial charge in [-0.2, -0.15) is 0 Å². The van der Waals surface area contributed by atoms with Gasteiger partial charge in [-0.05, 0) is 44.0 Å². The van der Waals surface area contributed by atoms with E-state index in [2.05, 4.69) is 20.1 Å². The fraction of sp³-hybridized carbons (Fsp3) is 0.200. The Morgan fingerprint density at radius 3 is 2.42 bits per heavy atom. The van der Waals surface area contributed by atoms with E-state index in [-0.39, 0.29) is 16.7 Å². The summed E-state index contributed by atoms with van der Waals surface area (Å²) in [5, 5.41) is 3.68. The van der Waals surface area contributed by atoms with Crippen LogP contribution in [0.2, 0.25) is 0 Å². The molecule has 0 amide bonds. The van der Waals surface area contributed by atoms with E-state index in [4.69, 9.17) is 21.7 Å². The summed E-state index contributed by atoms with van der Waals surface area (Å²) in [6, 6.07) is 14.1. The standard InChI is InChI=1S/C25H27N7O3S/c1-14(2)36(33,34)18-7-5-17(6-8-18)21-13-29-24(26)23(31-21)22-11-20(32-35-22)19-9-4-16(10-15(19)3)12-30-25(27)28/h4-11,13-14H,12H2,1-3H3,(H2,26,29)(H4,27,28,30). The maximum Gasteiger partial charge on any atom is 0.189 e. The molecule has 0 spiro atoms. The number of nitrogens with two attached hydrogens (primary N) is 3. The van der Waals surface area contributed by atoms with Crippen molar-refractivity contribution in [1.82, 2.24) is 15.1 Å². The first-order valence-corrected chi connectivity index (χ1v) is 12.7. The van der Waals surface area contributed by atoms with Crippen LogP contribution in [-0.2, 0) is 16.4 Å². The monoisotopic (exact) mass is 505 g/mol. The molecular weight excluding hydrogens is 478 g/mol. The first-order chi connectivity index (χ1) is 17.1. The highest BCUT2D eigenvalue weighted by atomic mass is 32.2. The molecule has 0 bridgehead atoms. The number of aliphatic imine (C=N–C) groups is 1. The minimum absolute atomic E-state index is 0.0373. The zero-order chi connectivity index (χ0) is 26.0. The number of anilines is 1. The molecule has 6 N–H and O–H groups in total. The van der Waals surface area contributed by atoms with Gasteiger partial charge in [0.2, 0.25) is 0 Å². The van der Waals surface area contributed by atoms with Crippen LogP contribution in [0.3, 0.4) is 0 Å². The highest BCUT2D eigenvalue weighted by Crippen LogP contribution is 2.31. The molecule has 2 aromatic heterocycles. The molecule has 2 heterocycles. The van der Waals surface area contributed by atoms with Gasteiger partial charge in [0.1, 0.15) is 5.69 Å². The maximum absolute atomic E-state index is 12.4. The first-order valence-electron chi connectivity index (χ1n) is 11.2. The van der Waals surface area contributed by atoms with Crippen molar-refractivity contribution in [3.8, 4) is 34.0 Å². The zero-order valence-electron chi connectivity index (χ0n) is 20.1. The minimum atomic E-state index is -3.37. The lowest BCUT2D eigenvalue weighted by Gasteiger charge is -2.09. The first kappa shape index (κ1) is 24.9. The molecule has 0 atom stereocenters.